The Bertz CT molecular complexity index is 559. The van der Waals surface area contributed by atoms with E-state index >= 15 is 0 Å². The molecule has 1 aromatic carbocycles. The molecule has 6 nitrogen and oxygen atoms in total. The van der Waals surface area contributed by atoms with E-state index in [-0.39, 0.29) is 6.29 Å². The summed E-state index contributed by atoms with van der Waals surface area (Å²) in [5.41, 5.74) is -2.12. The first-order chi connectivity index (χ1) is 9.73. The molecule has 6 heteroatoms. The first-order valence-corrected chi connectivity index (χ1v) is 6.68. The molecule has 1 unspecified atom stereocenters. The van der Waals surface area contributed by atoms with E-state index in [0.717, 1.165) is 11.1 Å². The van der Waals surface area contributed by atoms with Crippen LogP contribution >= 0.6 is 0 Å². The van der Waals surface area contributed by atoms with E-state index in [1.807, 2.05) is 13.8 Å². The third-order valence-electron chi connectivity index (χ3n) is 4.56. The van der Waals surface area contributed by atoms with Crippen LogP contribution in [0.5, 0.6) is 0 Å². The van der Waals surface area contributed by atoms with Crippen molar-refractivity contribution in [1.29, 1.82) is 0 Å². The van der Waals surface area contributed by atoms with Crippen molar-refractivity contribution < 1.29 is 30.3 Å². The van der Waals surface area contributed by atoms with Gasteiger partial charge in [0.1, 0.15) is 17.8 Å². The number of benzene rings is 1. The highest BCUT2D eigenvalue weighted by Gasteiger charge is 2.73. The van der Waals surface area contributed by atoms with Crippen molar-refractivity contribution in [2.45, 2.75) is 43.2 Å². The second-order valence-corrected chi connectivity index (χ2v) is 5.77. The Morgan fingerprint density at radius 3 is 2.38 bits per heavy atom. The molecule has 0 amide bonds. The van der Waals surface area contributed by atoms with Gasteiger partial charge in [0.15, 0.2) is 11.9 Å². The molecule has 1 aliphatic carbocycles. The predicted octanol–water partition coefficient (Wildman–Crippen LogP) is -1.22. The van der Waals surface area contributed by atoms with Crippen LogP contribution in [0.3, 0.4) is 0 Å². The summed E-state index contributed by atoms with van der Waals surface area (Å²) in [7, 11) is 0. The Morgan fingerprint density at radius 1 is 1.29 bits per heavy atom. The quantitative estimate of drug-likeness (QED) is 0.444. The SMILES string of the molecule is Cc1ccc(C2[C@@](O)([C@H](O)CO)[C@H](O)[C@@]2(O)C=O)cc1C. The van der Waals surface area contributed by atoms with E-state index in [1.165, 1.54) is 0 Å². The molecule has 2 rings (SSSR count). The van der Waals surface area contributed by atoms with Gasteiger partial charge >= 0.3 is 0 Å². The Kier molecular flexibility index (Phi) is 3.94. The molecule has 1 aliphatic rings. The van der Waals surface area contributed by atoms with Crippen molar-refractivity contribution >= 4 is 6.29 Å². The molecule has 21 heavy (non-hydrogen) atoms. The maximum atomic E-state index is 11.2. The molecule has 0 spiro atoms. The Balaban J connectivity index is 2.54. The molecule has 0 aromatic heterocycles. The smallest absolute Gasteiger partial charge is 0.158 e. The molecule has 5 N–H and O–H groups in total. The van der Waals surface area contributed by atoms with E-state index in [1.54, 1.807) is 18.2 Å². The summed E-state index contributed by atoms with van der Waals surface area (Å²) in [5.74, 6) is -1.22. The average molecular weight is 296 g/mol. The average Bonchev–Trinajstić information content (AvgIpc) is 2.48. The topological polar surface area (TPSA) is 118 Å². The van der Waals surface area contributed by atoms with Gasteiger partial charge in [-0.25, -0.2) is 0 Å². The van der Waals surface area contributed by atoms with E-state index < -0.39 is 35.9 Å². The van der Waals surface area contributed by atoms with Crippen LogP contribution in [0.2, 0.25) is 0 Å². The van der Waals surface area contributed by atoms with Crippen LogP contribution in [0.25, 0.3) is 0 Å². The number of carbonyl (C=O) groups excluding carboxylic acids is 1. The van der Waals surface area contributed by atoms with E-state index in [2.05, 4.69) is 0 Å². The predicted molar refractivity (Wildman–Crippen MR) is 73.7 cm³/mol. The van der Waals surface area contributed by atoms with Crippen molar-refractivity contribution in [2.24, 2.45) is 0 Å². The molecule has 0 radical (unpaired) electrons. The number of aliphatic hydroxyl groups is 5. The minimum atomic E-state index is -2.20. The second kappa shape index (κ2) is 5.15. The Hall–Kier alpha value is -1.31. The highest BCUT2D eigenvalue weighted by molar-refractivity contribution is 5.71. The monoisotopic (exact) mass is 296 g/mol. The summed E-state index contributed by atoms with van der Waals surface area (Å²) < 4.78 is 0. The fourth-order valence-corrected chi connectivity index (χ4v) is 3.09. The number of hydrogen-bond donors (Lipinski definition) is 5. The summed E-state index contributed by atoms with van der Waals surface area (Å²) in [5, 5.41) is 49.6. The minimum absolute atomic E-state index is 0.163. The molecular weight excluding hydrogens is 276 g/mol. The maximum Gasteiger partial charge on any atom is 0.158 e. The van der Waals surface area contributed by atoms with E-state index in [0.29, 0.717) is 5.56 Å². The van der Waals surface area contributed by atoms with Gasteiger partial charge in [0.05, 0.1) is 12.5 Å². The summed E-state index contributed by atoms with van der Waals surface area (Å²) in [6, 6.07) is 5.05. The summed E-state index contributed by atoms with van der Waals surface area (Å²) >= 11 is 0. The lowest BCUT2D eigenvalue weighted by Gasteiger charge is -2.60. The van der Waals surface area contributed by atoms with Crippen LogP contribution in [0.1, 0.15) is 22.6 Å². The van der Waals surface area contributed by atoms with Crippen molar-refractivity contribution in [3.8, 4) is 0 Å². The number of hydrogen-bond acceptors (Lipinski definition) is 6. The van der Waals surface area contributed by atoms with Crippen molar-refractivity contribution in [3.63, 3.8) is 0 Å². The molecule has 1 fully saturated rings. The largest absolute Gasteiger partial charge is 0.394 e. The van der Waals surface area contributed by atoms with Gasteiger partial charge in [-0.15, -0.1) is 0 Å². The zero-order valence-corrected chi connectivity index (χ0v) is 11.9. The lowest BCUT2D eigenvalue weighted by Crippen LogP contribution is -2.80. The maximum absolute atomic E-state index is 11.2. The second-order valence-electron chi connectivity index (χ2n) is 5.77. The zero-order valence-electron chi connectivity index (χ0n) is 11.9. The summed E-state index contributed by atoms with van der Waals surface area (Å²) in [6.45, 7) is 2.91. The summed E-state index contributed by atoms with van der Waals surface area (Å²) in [4.78, 5) is 11.2. The van der Waals surface area contributed by atoms with Crippen molar-refractivity contribution in [1.82, 2.24) is 0 Å². The van der Waals surface area contributed by atoms with Gasteiger partial charge in [0.2, 0.25) is 0 Å². The molecule has 0 aliphatic heterocycles. The minimum Gasteiger partial charge on any atom is -0.394 e. The molecule has 0 bridgehead atoms. The summed E-state index contributed by atoms with van der Waals surface area (Å²) in [6.07, 6.45) is -3.40. The number of aldehydes is 1. The van der Waals surface area contributed by atoms with Crippen LogP contribution in [0.4, 0.5) is 0 Å². The number of rotatable bonds is 4. The van der Waals surface area contributed by atoms with Gasteiger partial charge < -0.3 is 30.3 Å². The highest BCUT2D eigenvalue weighted by atomic mass is 16.4. The molecular formula is C15H20O6. The lowest BCUT2D eigenvalue weighted by atomic mass is 9.52. The third kappa shape index (κ3) is 2.03. The number of aryl methyl sites for hydroxylation is 2. The molecule has 0 saturated heterocycles. The van der Waals surface area contributed by atoms with E-state index in [9.17, 15) is 25.2 Å². The van der Waals surface area contributed by atoms with Crippen molar-refractivity contribution in [2.75, 3.05) is 6.61 Å². The Labute approximate surface area is 122 Å². The van der Waals surface area contributed by atoms with Gasteiger partial charge in [0, 0.05) is 0 Å². The first-order valence-electron chi connectivity index (χ1n) is 6.68. The van der Waals surface area contributed by atoms with Gasteiger partial charge in [0.25, 0.3) is 0 Å². The zero-order chi connectivity index (χ0) is 16.0. The molecule has 5 atom stereocenters. The van der Waals surface area contributed by atoms with Gasteiger partial charge in [-0.2, -0.15) is 0 Å². The Morgan fingerprint density at radius 2 is 1.90 bits per heavy atom. The third-order valence-corrected chi connectivity index (χ3v) is 4.56. The van der Waals surface area contributed by atoms with Gasteiger partial charge in [-0.1, -0.05) is 18.2 Å². The van der Waals surface area contributed by atoms with Crippen LogP contribution in [0, 0.1) is 13.8 Å². The number of carbonyl (C=O) groups is 1. The first kappa shape index (κ1) is 16.1. The van der Waals surface area contributed by atoms with Gasteiger partial charge in [-0.05, 0) is 30.5 Å². The van der Waals surface area contributed by atoms with Crippen LogP contribution in [-0.4, -0.2) is 61.8 Å². The normalized spacial score (nSPS) is 36.9. The van der Waals surface area contributed by atoms with Crippen LogP contribution < -0.4 is 0 Å². The lowest BCUT2D eigenvalue weighted by molar-refractivity contribution is -0.303. The number of aliphatic hydroxyl groups excluding tert-OH is 3. The fraction of sp³-hybridized carbons (Fsp3) is 0.533. The molecule has 1 saturated carbocycles. The fourth-order valence-electron chi connectivity index (χ4n) is 3.09. The molecule has 0 heterocycles. The van der Waals surface area contributed by atoms with Gasteiger partial charge in [-0.3, -0.25) is 0 Å². The van der Waals surface area contributed by atoms with E-state index in [4.69, 9.17) is 5.11 Å². The highest BCUT2D eigenvalue weighted by Crippen LogP contribution is 2.54. The molecule has 116 valence electrons. The standard InChI is InChI=1S/C15H20O6/c1-8-3-4-10(5-9(8)2)12-14(20,7-17)13(19)15(12,21)11(18)6-16/h3-5,7,11-13,16,18-21H,6H2,1-2H3/t11-,12?,13-,14-,15+/m1/s1. The van der Waals surface area contributed by atoms with Crippen LogP contribution in [-0.2, 0) is 4.79 Å². The molecule has 1 aromatic rings. The van der Waals surface area contributed by atoms with Crippen LogP contribution in [0.15, 0.2) is 18.2 Å². The van der Waals surface area contributed by atoms with Crippen molar-refractivity contribution in [3.05, 3.63) is 34.9 Å².